The van der Waals surface area contributed by atoms with Crippen molar-refractivity contribution in [3.63, 3.8) is 0 Å². The van der Waals surface area contributed by atoms with Crippen molar-refractivity contribution in [3.8, 4) is 0 Å². The van der Waals surface area contributed by atoms with Crippen LogP contribution in [0.15, 0.2) is 0 Å². The van der Waals surface area contributed by atoms with Crippen molar-refractivity contribution in [2.24, 2.45) is 5.92 Å². The van der Waals surface area contributed by atoms with Crippen LogP contribution in [0.25, 0.3) is 0 Å². The molecule has 1 fully saturated rings. The number of hydrogen-bond acceptors (Lipinski definition) is 4. The van der Waals surface area contributed by atoms with Crippen LogP contribution in [-0.4, -0.2) is 64.1 Å². The molecule has 1 rings (SSSR count). The minimum atomic E-state index is -0.155. The molecule has 1 atom stereocenters. The molecule has 1 unspecified atom stereocenters. The molecule has 0 spiro atoms. The lowest BCUT2D eigenvalue weighted by atomic mass is 9.98. The molecule has 0 amide bonds. The van der Waals surface area contributed by atoms with Crippen molar-refractivity contribution in [2.75, 3.05) is 47.5 Å². The fourth-order valence-electron chi connectivity index (χ4n) is 1.96. The second-order valence-electron chi connectivity index (χ2n) is 5.93. The molecular weight excluding hydrogens is 228 g/mol. The van der Waals surface area contributed by atoms with Crippen LogP contribution in [0.5, 0.6) is 0 Å². The second-order valence-corrected chi connectivity index (χ2v) is 5.93. The summed E-state index contributed by atoms with van der Waals surface area (Å²) >= 11 is 0. The highest BCUT2D eigenvalue weighted by Gasteiger charge is 2.28. The molecule has 0 saturated heterocycles. The van der Waals surface area contributed by atoms with Crippen LogP contribution in [0.4, 0.5) is 0 Å². The van der Waals surface area contributed by atoms with Crippen LogP contribution >= 0.6 is 0 Å². The van der Waals surface area contributed by atoms with Gasteiger partial charge in [0, 0.05) is 32.8 Å². The Morgan fingerprint density at radius 2 is 2.06 bits per heavy atom. The Balaban J connectivity index is 2.16. The van der Waals surface area contributed by atoms with E-state index in [2.05, 4.69) is 31.1 Å². The zero-order valence-electron chi connectivity index (χ0n) is 12.7. The summed E-state index contributed by atoms with van der Waals surface area (Å²) in [6.07, 6.45) is 2.72. The van der Waals surface area contributed by atoms with Gasteiger partial charge in [0.25, 0.3) is 0 Å². The molecule has 1 N–H and O–H groups in total. The maximum absolute atomic E-state index is 5.66. The fourth-order valence-corrected chi connectivity index (χ4v) is 1.96. The number of likely N-dealkylation sites (N-methyl/N-ethyl adjacent to an activating group) is 2. The lowest BCUT2D eigenvalue weighted by Gasteiger charge is -2.35. The summed E-state index contributed by atoms with van der Waals surface area (Å²) in [5.74, 6) is 0.854. The van der Waals surface area contributed by atoms with Gasteiger partial charge in [-0.3, -0.25) is 0 Å². The molecule has 0 aromatic rings. The third-order valence-electron chi connectivity index (χ3n) is 3.88. The summed E-state index contributed by atoms with van der Waals surface area (Å²) in [5, 5.41) is 3.34. The normalized spacial score (nSPS) is 18.3. The molecule has 0 aromatic carbocycles. The van der Waals surface area contributed by atoms with Gasteiger partial charge in [0.2, 0.25) is 0 Å². The van der Waals surface area contributed by atoms with E-state index >= 15 is 0 Å². The first-order valence-electron chi connectivity index (χ1n) is 6.98. The van der Waals surface area contributed by atoms with Crippen LogP contribution in [0.2, 0.25) is 0 Å². The highest BCUT2D eigenvalue weighted by atomic mass is 16.5. The SMILES string of the molecule is CNC(CN(C)CCOCC1CC1)C(C)(C)OC. The average Bonchev–Trinajstić information content (AvgIpc) is 3.15. The van der Waals surface area contributed by atoms with Gasteiger partial charge in [0.15, 0.2) is 0 Å². The van der Waals surface area contributed by atoms with Gasteiger partial charge in [-0.05, 0) is 46.7 Å². The Morgan fingerprint density at radius 3 is 2.56 bits per heavy atom. The first kappa shape index (κ1) is 15.9. The monoisotopic (exact) mass is 258 g/mol. The Labute approximate surface area is 112 Å². The largest absolute Gasteiger partial charge is 0.380 e. The minimum absolute atomic E-state index is 0.155. The predicted molar refractivity (Wildman–Crippen MR) is 75.0 cm³/mol. The molecule has 0 aliphatic heterocycles. The van der Waals surface area contributed by atoms with E-state index in [-0.39, 0.29) is 5.60 Å². The van der Waals surface area contributed by atoms with Crippen LogP contribution in [0, 0.1) is 5.92 Å². The highest BCUT2D eigenvalue weighted by molar-refractivity contribution is 4.86. The van der Waals surface area contributed by atoms with Crippen LogP contribution < -0.4 is 5.32 Å². The molecular formula is C14H30N2O2. The van der Waals surface area contributed by atoms with Crippen molar-refractivity contribution >= 4 is 0 Å². The summed E-state index contributed by atoms with van der Waals surface area (Å²) in [7, 11) is 5.89. The van der Waals surface area contributed by atoms with Crippen molar-refractivity contribution in [1.29, 1.82) is 0 Å². The lowest BCUT2D eigenvalue weighted by molar-refractivity contribution is -0.0178. The van der Waals surface area contributed by atoms with Gasteiger partial charge in [-0.25, -0.2) is 0 Å². The summed E-state index contributed by atoms with van der Waals surface area (Å²) in [5.41, 5.74) is -0.155. The number of nitrogens with one attached hydrogen (secondary N) is 1. The second kappa shape index (κ2) is 7.43. The molecule has 18 heavy (non-hydrogen) atoms. The van der Waals surface area contributed by atoms with Gasteiger partial charge in [0.1, 0.15) is 0 Å². The van der Waals surface area contributed by atoms with Crippen LogP contribution in [0.1, 0.15) is 26.7 Å². The third kappa shape index (κ3) is 5.65. The average molecular weight is 258 g/mol. The fraction of sp³-hybridized carbons (Fsp3) is 1.00. The van der Waals surface area contributed by atoms with E-state index in [4.69, 9.17) is 9.47 Å². The maximum Gasteiger partial charge on any atom is 0.0787 e. The van der Waals surface area contributed by atoms with Gasteiger partial charge in [-0.15, -0.1) is 0 Å². The van der Waals surface area contributed by atoms with Crippen molar-refractivity contribution in [2.45, 2.75) is 38.3 Å². The molecule has 108 valence electrons. The topological polar surface area (TPSA) is 33.7 Å². The predicted octanol–water partition coefficient (Wildman–Crippen LogP) is 1.36. The van der Waals surface area contributed by atoms with E-state index in [1.165, 1.54) is 12.8 Å². The van der Waals surface area contributed by atoms with E-state index in [0.717, 1.165) is 32.2 Å². The van der Waals surface area contributed by atoms with E-state index in [9.17, 15) is 0 Å². The molecule has 1 aliphatic rings. The van der Waals surface area contributed by atoms with E-state index < -0.39 is 0 Å². The number of rotatable bonds is 10. The molecule has 1 saturated carbocycles. The molecule has 4 nitrogen and oxygen atoms in total. The Hall–Kier alpha value is -0.160. The van der Waals surface area contributed by atoms with E-state index in [1.54, 1.807) is 7.11 Å². The van der Waals surface area contributed by atoms with Gasteiger partial charge in [-0.1, -0.05) is 0 Å². The van der Waals surface area contributed by atoms with Crippen LogP contribution in [0.3, 0.4) is 0 Å². The standard InChI is InChI=1S/C14H30N2O2/c1-14(2,17-5)13(15-3)10-16(4)8-9-18-11-12-6-7-12/h12-13,15H,6-11H2,1-5H3. The van der Waals surface area contributed by atoms with Gasteiger partial charge in [0.05, 0.1) is 12.2 Å². The van der Waals surface area contributed by atoms with Gasteiger partial charge >= 0.3 is 0 Å². The molecule has 0 bridgehead atoms. The van der Waals surface area contributed by atoms with Gasteiger partial charge in [-0.2, -0.15) is 0 Å². The zero-order valence-corrected chi connectivity index (χ0v) is 12.7. The molecule has 0 heterocycles. The first-order valence-corrected chi connectivity index (χ1v) is 6.98. The van der Waals surface area contributed by atoms with Crippen molar-refractivity contribution < 1.29 is 9.47 Å². The first-order chi connectivity index (χ1) is 8.49. The van der Waals surface area contributed by atoms with E-state index in [1.807, 2.05) is 7.05 Å². The molecule has 4 heteroatoms. The summed E-state index contributed by atoms with van der Waals surface area (Å²) in [6.45, 7) is 7.95. The zero-order chi connectivity index (χ0) is 13.6. The quantitative estimate of drug-likeness (QED) is 0.600. The smallest absolute Gasteiger partial charge is 0.0787 e. The number of nitrogens with zero attached hydrogens (tertiary/aromatic N) is 1. The summed E-state index contributed by atoms with van der Waals surface area (Å²) in [4.78, 5) is 2.30. The number of methoxy groups -OCH3 is 1. The van der Waals surface area contributed by atoms with Gasteiger partial charge < -0.3 is 19.7 Å². The van der Waals surface area contributed by atoms with Crippen molar-refractivity contribution in [1.82, 2.24) is 10.2 Å². The molecule has 0 aromatic heterocycles. The maximum atomic E-state index is 5.66. The minimum Gasteiger partial charge on any atom is -0.380 e. The van der Waals surface area contributed by atoms with Crippen molar-refractivity contribution in [3.05, 3.63) is 0 Å². The summed E-state index contributed by atoms with van der Waals surface area (Å²) < 4.78 is 11.2. The number of ether oxygens (including phenoxy) is 2. The van der Waals surface area contributed by atoms with E-state index in [0.29, 0.717) is 6.04 Å². The lowest BCUT2D eigenvalue weighted by Crippen LogP contribution is -2.52. The Morgan fingerprint density at radius 1 is 1.39 bits per heavy atom. The highest BCUT2D eigenvalue weighted by Crippen LogP contribution is 2.28. The van der Waals surface area contributed by atoms with Crippen LogP contribution in [-0.2, 0) is 9.47 Å². The summed E-state index contributed by atoms with van der Waals surface area (Å²) in [6, 6.07) is 0.316. The molecule has 0 radical (unpaired) electrons. The Bertz CT molecular complexity index is 230. The molecule has 1 aliphatic carbocycles. The third-order valence-corrected chi connectivity index (χ3v) is 3.88. The Kier molecular flexibility index (Phi) is 6.57. The number of hydrogen-bond donors (Lipinski definition) is 1.